The molecular formula is C13H13NO3S3. The highest BCUT2D eigenvalue weighted by Crippen LogP contribution is 2.32. The highest BCUT2D eigenvalue weighted by Gasteiger charge is 2.20. The number of hydrogen-bond acceptors (Lipinski definition) is 5. The molecule has 0 spiro atoms. The van der Waals surface area contributed by atoms with Crippen molar-refractivity contribution in [3.63, 3.8) is 0 Å². The molecule has 2 aromatic rings. The Morgan fingerprint density at radius 3 is 2.75 bits per heavy atom. The maximum absolute atomic E-state index is 11.9. The fraction of sp³-hybridized carbons (Fsp3) is 0.231. The number of aryl methyl sites for hydroxylation is 1. The molecule has 0 aliphatic heterocycles. The predicted octanol–water partition coefficient (Wildman–Crippen LogP) is 3.86. The fourth-order valence-electron chi connectivity index (χ4n) is 1.62. The van der Waals surface area contributed by atoms with E-state index >= 15 is 0 Å². The van der Waals surface area contributed by atoms with Crippen LogP contribution >= 0.6 is 34.4 Å². The third kappa shape index (κ3) is 3.41. The highest BCUT2D eigenvalue weighted by molar-refractivity contribution is 8.01. The zero-order valence-electron chi connectivity index (χ0n) is 10.9. The Balaban J connectivity index is 2.04. The second-order valence-electron chi connectivity index (χ2n) is 4.06. The molecule has 0 bridgehead atoms. The van der Waals surface area contributed by atoms with Crippen LogP contribution in [0.1, 0.15) is 20.8 Å². The molecule has 106 valence electrons. The molecule has 2 N–H and O–H groups in total. The summed E-state index contributed by atoms with van der Waals surface area (Å²) < 4.78 is 1.07. The molecule has 0 saturated carbocycles. The summed E-state index contributed by atoms with van der Waals surface area (Å²) in [6.45, 7) is 3.60. The van der Waals surface area contributed by atoms with Crippen molar-refractivity contribution in [3.8, 4) is 0 Å². The normalized spacial score (nSPS) is 10.5. The summed E-state index contributed by atoms with van der Waals surface area (Å²) in [6.07, 6.45) is 0. The number of amides is 1. The first-order valence-corrected chi connectivity index (χ1v) is 8.46. The molecule has 0 atom stereocenters. The van der Waals surface area contributed by atoms with E-state index in [-0.39, 0.29) is 17.2 Å². The van der Waals surface area contributed by atoms with Crippen molar-refractivity contribution in [2.45, 2.75) is 18.1 Å². The molecule has 7 heteroatoms. The number of thioether (sulfide) groups is 1. The first-order chi connectivity index (χ1) is 9.49. The summed E-state index contributed by atoms with van der Waals surface area (Å²) in [5.41, 5.74) is 0.908. The average molecular weight is 327 g/mol. The lowest BCUT2D eigenvalue weighted by Crippen LogP contribution is -2.15. The zero-order chi connectivity index (χ0) is 14.7. The van der Waals surface area contributed by atoms with Crippen molar-refractivity contribution >= 4 is 51.3 Å². The van der Waals surface area contributed by atoms with Crippen molar-refractivity contribution < 1.29 is 14.7 Å². The summed E-state index contributed by atoms with van der Waals surface area (Å²) in [4.78, 5) is 24.0. The minimum atomic E-state index is -1.01. The molecule has 0 saturated heterocycles. The molecule has 0 aliphatic carbocycles. The largest absolute Gasteiger partial charge is 0.478 e. The third-order valence-electron chi connectivity index (χ3n) is 2.69. The van der Waals surface area contributed by atoms with E-state index in [0.29, 0.717) is 10.6 Å². The van der Waals surface area contributed by atoms with E-state index in [9.17, 15) is 14.7 Å². The highest BCUT2D eigenvalue weighted by atomic mass is 32.2. The second kappa shape index (κ2) is 6.43. The number of nitrogens with one attached hydrogen (secondary N) is 1. The van der Waals surface area contributed by atoms with Gasteiger partial charge in [-0.15, -0.1) is 34.4 Å². The van der Waals surface area contributed by atoms with E-state index in [1.54, 1.807) is 18.3 Å². The number of rotatable bonds is 5. The lowest BCUT2D eigenvalue weighted by Gasteiger charge is -2.03. The molecule has 4 nitrogen and oxygen atoms in total. The van der Waals surface area contributed by atoms with E-state index in [0.717, 1.165) is 9.09 Å². The van der Waals surface area contributed by atoms with E-state index in [1.807, 2.05) is 24.4 Å². The molecule has 2 rings (SSSR count). The molecule has 0 radical (unpaired) electrons. The summed E-state index contributed by atoms with van der Waals surface area (Å²) in [7, 11) is 0. The Kier molecular flexibility index (Phi) is 4.85. The zero-order valence-corrected chi connectivity index (χ0v) is 13.4. The summed E-state index contributed by atoms with van der Waals surface area (Å²) >= 11 is 4.32. The van der Waals surface area contributed by atoms with Crippen LogP contribution in [-0.4, -0.2) is 22.7 Å². The minimum absolute atomic E-state index is 0.188. The number of thiophene rings is 2. The standard InChI is InChI=1S/C13H13NO3S3/c1-7-8(2)20-12(11(7)13(16)17)14-9(15)6-19-10-4-3-5-18-10/h3-5H,6H2,1-2H3,(H,14,15)(H,16,17). The first kappa shape index (κ1) is 15.1. The van der Waals surface area contributed by atoms with Crippen LogP contribution in [0, 0.1) is 13.8 Å². The molecule has 0 aliphatic rings. The van der Waals surface area contributed by atoms with Crippen molar-refractivity contribution in [2.24, 2.45) is 0 Å². The maximum atomic E-state index is 11.9. The molecule has 0 fully saturated rings. The molecule has 0 aromatic carbocycles. The molecule has 0 unspecified atom stereocenters. The summed E-state index contributed by atoms with van der Waals surface area (Å²) in [5.74, 6) is -0.921. The van der Waals surface area contributed by atoms with Gasteiger partial charge in [0.15, 0.2) is 0 Å². The van der Waals surface area contributed by atoms with Gasteiger partial charge < -0.3 is 10.4 Å². The number of aromatic carboxylic acids is 1. The monoisotopic (exact) mass is 327 g/mol. The Labute approximate surface area is 128 Å². The number of carboxylic acids is 1. The quantitative estimate of drug-likeness (QED) is 0.819. The Morgan fingerprint density at radius 1 is 1.40 bits per heavy atom. The van der Waals surface area contributed by atoms with E-state index in [4.69, 9.17) is 0 Å². The van der Waals surface area contributed by atoms with Crippen LogP contribution in [0.4, 0.5) is 5.00 Å². The number of hydrogen-bond donors (Lipinski definition) is 2. The van der Waals surface area contributed by atoms with Gasteiger partial charge in [-0.05, 0) is 30.9 Å². The minimum Gasteiger partial charge on any atom is -0.478 e. The molecule has 2 heterocycles. The molecular weight excluding hydrogens is 314 g/mol. The van der Waals surface area contributed by atoms with E-state index in [1.165, 1.54) is 23.1 Å². The maximum Gasteiger partial charge on any atom is 0.338 e. The summed E-state index contributed by atoms with van der Waals surface area (Å²) in [5, 5.41) is 14.3. The number of carbonyl (C=O) groups is 2. The Hall–Kier alpha value is -1.31. The SMILES string of the molecule is Cc1sc(NC(=O)CSc2cccs2)c(C(=O)O)c1C. The van der Waals surface area contributed by atoms with Crippen LogP contribution in [0.3, 0.4) is 0 Å². The van der Waals surface area contributed by atoms with Crippen LogP contribution < -0.4 is 5.32 Å². The predicted molar refractivity (Wildman–Crippen MR) is 84.4 cm³/mol. The second-order valence-corrected chi connectivity index (χ2v) is 7.51. The average Bonchev–Trinajstić information content (AvgIpc) is 2.96. The topological polar surface area (TPSA) is 66.4 Å². The van der Waals surface area contributed by atoms with Gasteiger partial charge in [-0.25, -0.2) is 4.79 Å². The van der Waals surface area contributed by atoms with Crippen molar-refractivity contribution in [1.82, 2.24) is 0 Å². The van der Waals surface area contributed by atoms with Crippen LogP contribution in [0.5, 0.6) is 0 Å². The summed E-state index contributed by atoms with van der Waals surface area (Å²) in [6, 6.07) is 3.88. The van der Waals surface area contributed by atoms with Gasteiger partial charge in [0, 0.05) is 4.88 Å². The lowest BCUT2D eigenvalue weighted by molar-refractivity contribution is -0.113. The Morgan fingerprint density at radius 2 is 2.15 bits per heavy atom. The van der Waals surface area contributed by atoms with Gasteiger partial charge in [-0.1, -0.05) is 6.07 Å². The van der Waals surface area contributed by atoms with Crippen molar-refractivity contribution in [2.75, 3.05) is 11.1 Å². The number of carbonyl (C=O) groups excluding carboxylic acids is 1. The molecule has 1 amide bonds. The number of anilines is 1. The fourth-order valence-corrected chi connectivity index (χ4v) is 4.27. The van der Waals surface area contributed by atoms with Gasteiger partial charge in [-0.2, -0.15) is 0 Å². The van der Waals surface area contributed by atoms with Gasteiger partial charge in [0.25, 0.3) is 0 Å². The van der Waals surface area contributed by atoms with Gasteiger partial charge in [0.1, 0.15) is 5.00 Å². The molecule has 20 heavy (non-hydrogen) atoms. The Bertz CT molecular complexity index is 632. The van der Waals surface area contributed by atoms with Crippen LogP contribution in [0.2, 0.25) is 0 Å². The van der Waals surface area contributed by atoms with Gasteiger partial charge in [0.05, 0.1) is 15.5 Å². The van der Waals surface area contributed by atoms with Crippen LogP contribution in [0.15, 0.2) is 21.7 Å². The van der Waals surface area contributed by atoms with Crippen molar-refractivity contribution in [3.05, 3.63) is 33.5 Å². The van der Waals surface area contributed by atoms with Gasteiger partial charge in [-0.3, -0.25) is 4.79 Å². The smallest absolute Gasteiger partial charge is 0.338 e. The van der Waals surface area contributed by atoms with Gasteiger partial charge >= 0.3 is 5.97 Å². The van der Waals surface area contributed by atoms with E-state index < -0.39 is 5.97 Å². The van der Waals surface area contributed by atoms with Crippen LogP contribution in [-0.2, 0) is 4.79 Å². The lowest BCUT2D eigenvalue weighted by atomic mass is 10.1. The molecule has 2 aromatic heterocycles. The third-order valence-corrected chi connectivity index (χ3v) is 5.95. The van der Waals surface area contributed by atoms with Crippen LogP contribution in [0.25, 0.3) is 0 Å². The number of carboxylic acid groups (broad SMARTS) is 1. The van der Waals surface area contributed by atoms with E-state index in [2.05, 4.69) is 5.32 Å². The first-order valence-electron chi connectivity index (χ1n) is 5.78. The van der Waals surface area contributed by atoms with Gasteiger partial charge in [0.2, 0.25) is 5.91 Å². The van der Waals surface area contributed by atoms with Crippen molar-refractivity contribution in [1.29, 1.82) is 0 Å².